The van der Waals surface area contributed by atoms with E-state index in [-0.39, 0.29) is 31.1 Å². The number of hydrogen-bond donors (Lipinski definition) is 1. The first-order chi connectivity index (χ1) is 7.60. The van der Waals surface area contributed by atoms with Gasteiger partial charge in [0.15, 0.2) is 0 Å². The van der Waals surface area contributed by atoms with Gasteiger partial charge in [0.1, 0.15) is 5.69 Å². The first-order valence-corrected chi connectivity index (χ1v) is 4.74. The van der Waals surface area contributed by atoms with Crippen molar-refractivity contribution >= 4 is 18.4 Å². The molecule has 2 N–H and O–H groups in total. The van der Waals surface area contributed by atoms with Crippen LogP contribution in [0.4, 0.5) is 8.78 Å². The average molecular weight is 267 g/mol. The minimum Gasteiger partial charge on any atom is -0.462 e. The lowest BCUT2D eigenvalue weighted by atomic mass is 10.1. The second kappa shape index (κ2) is 7.13. The number of hydrogen-bond acceptors (Lipinski definition) is 4. The largest absolute Gasteiger partial charge is 0.462 e. The van der Waals surface area contributed by atoms with Crippen LogP contribution in [0.5, 0.6) is 0 Å². The van der Waals surface area contributed by atoms with E-state index in [9.17, 15) is 13.6 Å². The molecule has 4 nitrogen and oxygen atoms in total. The third kappa shape index (κ3) is 3.90. The van der Waals surface area contributed by atoms with Crippen molar-refractivity contribution in [2.75, 3.05) is 6.61 Å². The number of nitrogens with two attached hydrogens (primary N) is 1. The molecule has 1 aromatic heterocycles. The molecule has 0 amide bonds. The topological polar surface area (TPSA) is 65.2 Å². The summed E-state index contributed by atoms with van der Waals surface area (Å²) < 4.78 is 29.8. The first-order valence-electron chi connectivity index (χ1n) is 4.74. The zero-order chi connectivity index (χ0) is 12.1. The van der Waals surface area contributed by atoms with E-state index in [4.69, 9.17) is 5.73 Å². The summed E-state index contributed by atoms with van der Waals surface area (Å²) in [4.78, 5) is 14.9. The maximum Gasteiger partial charge on any atom is 0.340 e. The van der Waals surface area contributed by atoms with Crippen LogP contribution in [0.1, 0.15) is 35.0 Å². The lowest BCUT2D eigenvalue weighted by Gasteiger charge is -2.08. The lowest BCUT2D eigenvalue weighted by Crippen LogP contribution is -2.12. The minimum atomic E-state index is -2.81. The number of aromatic nitrogens is 1. The Kier molecular flexibility index (Phi) is 6.60. The van der Waals surface area contributed by atoms with E-state index < -0.39 is 18.1 Å². The molecule has 0 saturated heterocycles. The number of carbonyl (C=O) groups is 1. The van der Waals surface area contributed by atoms with Crippen molar-refractivity contribution in [1.82, 2.24) is 4.98 Å². The number of alkyl halides is 2. The zero-order valence-electron chi connectivity index (χ0n) is 9.15. The summed E-state index contributed by atoms with van der Waals surface area (Å²) >= 11 is 0. The second-order valence-electron chi connectivity index (χ2n) is 3.00. The van der Waals surface area contributed by atoms with Gasteiger partial charge in [0.2, 0.25) is 0 Å². The summed E-state index contributed by atoms with van der Waals surface area (Å²) in [7, 11) is 0. The van der Waals surface area contributed by atoms with Gasteiger partial charge in [-0.1, -0.05) is 0 Å². The molecule has 96 valence electrons. The fraction of sp³-hybridized carbons (Fsp3) is 0.400. The molecule has 0 bridgehead atoms. The normalized spacial score (nSPS) is 9.94. The molecule has 0 saturated carbocycles. The Morgan fingerprint density at radius 2 is 2.24 bits per heavy atom. The summed E-state index contributed by atoms with van der Waals surface area (Å²) in [6.45, 7) is 1.84. The van der Waals surface area contributed by atoms with Crippen LogP contribution in [0.15, 0.2) is 12.3 Å². The molecule has 0 aliphatic heterocycles. The molecule has 0 aliphatic carbocycles. The predicted molar refractivity (Wildman–Crippen MR) is 60.3 cm³/mol. The van der Waals surface area contributed by atoms with Gasteiger partial charge in [-0.2, -0.15) is 0 Å². The predicted octanol–water partition coefficient (Wildman–Crippen LogP) is 2.08. The lowest BCUT2D eigenvalue weighted by molar-refractivity contribution is 0.0513. The van der Waals surface area contributed by atoms with E-state index in [1.807, 2.05) is 0 Å². The molecular weight excluding hydrogens is 254 g/mol. The van der Waals surface area contributed by atoms with Gasteiger partial charge in [-0.15, -0.1) is 12.4 Å². The number of esters is 1. The summed E-state index contributed by atoms with van der Waals surface area (Å²) in [6, 6.07) is 1.28. The Labute approximate surface area is 104 Å². The van der Waals surface area contributed by atoms with Crippen LogP contribution in [-0.2, 0) is 11.3 Å². The van der Waals surface area contributed by atoms with Crippen LogP contribution in [-0.4, -0.2) is 17.6 Å². The average Bonchev–Trinajstić information content (AvgIpc) is 2.28. The highest BCUT2D eigenvalue weighted by Crippen LogP contribution is 2.22. The van der Waals surface area contributed by atoms with Gasteiger partial charge >= 0.3 is 5.97 Å². The first kappa shape index (κ1) is 15.7. The van der Waals surface area contributed by atoms with Crippen LogP contribution < -0.4 is 5.73 Å². The van der Waals surface area contributed by atoms with Crippen molar-refractivity contribution in [2.45, 2.75) is 19.9 Å². The summed E-state index contributed by atoms with van der Waals surface area (Å²) in [6.07, 6.45) is -1.59. The molecule has 1 rings (SSSR count). The fourth-order valence-corrected chi connectivity index (χ4v) is 1.18. The SMILES string of the molecule is CCOC(=O)c1cc(CN)cnc1C(F)F.Cl. The van der Waals surface area contributed by atoms with Crippen molar-refractivity contribution in [1.29, 1.82) is 0 Å². The summed E-state index contributed by atoms with van der Waals surface area (Å²) in [5, 5.41) is 0. The monoisotopic (exact) mass is 266 g/mol. The van der Waals surface area contributed by atoms with Gasteiger partial charge in [-0.3, -0.25) is 4.98 Å². The molecular formula is C10H13ClF2N2O2. The van der Waals surface area contributed by atoms with Gasteiger partial charge in [0, 0.05) is 12.7 Å². The third-order valence-electron chi connectivity index (χ3n) is 1.91. The number of pyridine rings is 1. The van der Waals surface area contributed by atoms with Crippen LogP contribution in [0.2, 0.25) is 0 Å². The van der Waals surface area contributed by atoms with Crippen molar-refractivity contribution < 1.29 is 18.3 Å². The molecule has 0 radical (unpaired) electrons. The van der Waals surface area contributed by atoms with Gasteiger partial charge < -0.3 is 10.5 Å². The smallest absolute Gasteiger partial charge is 0.340 e. The standard InChI is InChI=1S/C10H12F2N2O2.ClH/c1-2-16-10(15)7-3-6(4-13)5-14-8(7)9(11)12;/h3,5,9H,2,4,13H2,1H3;1H. The van der Waals surface area contributed by atoms with E-state index in [1.165, 1.54) is 12.3 Å². The summed E-state index contributed by atoms with van der Waals surface area (Å²) in [5.74, 6) is -0.805. The highest BCUT2D eigenvalue weighted by atomic mass is 35.5. The van der Waals surface area contributed by atoms with E-state index in [1.54, 1.807) is 6.92 Å². The van der Waals surface area contributed by atoms with Crippen molar-refractivity contribution in [3.63, 3.8) is 0 Å². The number of carbonyl (C=O) groups excluding carboxylic acids is 1. The van der Waals surface area contributed by atoms with Gasteiger partial charge in [-0.25, -0.2) is 13.6 Å². The highest BCUT2D eigenvalue weighted by Gasteiger charge is 2.21. The molecule has 0 unspecified atom stereocenters. The molecule has 0 spiro atoms. The van der Waals surface area contributed by atoms with Crippen LogP contribution in [0.3, 0.4) is 0 Å². The molecule has 7 heteroatoms. The second-order valence-corrected chi connectivity index (χ2v) is 3.00. The molecule has 0 aromatic carbocycles. The number of rotatable bonds is 4. The maximum absolute atomic E-state index is 12.6. The number of nitrogens with zero attached hydrogens (tertiary/aromatic N) is 1. The number of halogens is 3. The maximum atomic E-state index is 12.6. The molecule has 0 fully saturated rings. The Morgan fingerprint density at radius 1 is 1.59 bits per heavy atom. The van der Waals surface area contributed by atoms with Crippen LogP contribution in [0.25, 0.3) is 0 Å². The highest BCUT2D eigenvalue weighted by molar-refractivity contribution is 5.90. The third-order valence-corrected chi connectivity index (χ3v) is 1.91. The van der Waals surface area contributed by atoms with Crippen LogP contribution in [0, 0.1) is 0 Å². The molecule has 0 atom stereocenters. The molecule has 0 aliphatic rings. The molecule has 17 heavy (non-hydrogen) atoms. The quantitative estimate of drug-likeness (QED) is 0.848. The van der Waals surface area contributed by atoms with Crippen molar-refractivity contribution in [2.24, 2.45) is 5.73 Å². The van der Waals surface area contributed by atoms with Crippen molar-refractivity contribution in [3.05, 3.63) is 29.1 Å². The van der Waals surface area contributed by atoms with E-state index in [0.717, 1.165) is 0 Å². The minimum absolute atomic E-state index is 0. The van der Waals surface area contributed by atoms with Crippen molar-refractivity contribution in [3.8, 4) is 0 Å². The Hall–Kier alpha value is -1.27. The van der Waals surface area contributed by atoms with Crippen LogP contribution >= 0.6 is 12.4 Å². The van der Waals surface area contributed by atoms with Gasteiger partial charge in [-0.05, 0) is 18.6 Å². The molecule has 1 aromatic rings. The van der Waals surface area contributed by atoms with Gasteiger partial charge in [0.25, 0.3) is 6.43 Å². The van der Waals surface area contributed by atoms with Gasteiger partial charge in [0.05, 0.1) is 12.2 Å². The Balaban J connectivity index is 0.00000256. The zero-order valence-corrected chi connectivity index (χ0v) is 9.97. The Morgan fingerprint density at radius 3 is 2.71 bits per heavy atom. The van der Waals surface area contributed by atoms with E-state index in [0.29, 0.717) is 5.56 Å². The Bertz CT molecular complexity index is 389. The fourth-order valence-electron chi connectivity index (χ4n) is 1.18. The summed E-state index contributed by atoms with van der Waals surface area (Å²) in [5.41, 5.74) is 5.05. The number of ether oxygens (including phenoxy) is 1. The van der Waals surface area contributed by atoms with E-state index in [2.05, 4.69) is 9.72 Å². The molecule has 1 heterocycles. The van der Waals surface area contributed by atoms with E-state index >= 15 is 0 Å².